The smallest absolute Gasteiger partial charge is 0.127 e. The highest BCUT2D eigenvalue weighted by atomic mass is 28.3. The van der Waals surface area contributed by atoms with E-state index in [2.05, 4.69) is 87.7 Å². The monoisotopic (exact) mass is 532 g/mol. The number of allylic oxidation sites excluding steroid dienone is 16. The predicted molar refractivity (Wildman–Crippen MR) is 161 cm³/mol. The Morgan fingerprint density at radius 2 is 0.974 bits per heavy atom. The van der Waals surface area contributed by atoms with E-state index in [1.165, 1.54) is 33.4 Å². The first-order valence-electron chi connectivity index (χ1n) is 13.8. The van der Waals surface area contributed by atoms with E-state index in [1.807, 2.05) is 24.3 Å². The minimum atomic E-state index is -2.11. The van der Waals surface area contributed by atoms with Gasteiger partial charge in [-0.1, -0.05) is 121 Å². The number of hydrogen-bond acceptors (Lipinski definition) is 0. The van der Waals surface area contributed by atoms with Crippen LogP contribution in [0.5, 0.6) is 0 Å². The van der Waals surface area contributed by atoms with Crippen molar-refractivity contribution in [1.29, 1.82) is 0 Å². The van der Waals surface area contributed by atoms with Gasteiger partial charge >= 0.3 is 0 Å². The first-order chi connectivity index (χ1) is 18.8. The molecule has 2 aromatic rings. The molecule has 0 radical (unpaired) electrons. The third kappa shape index (κ3) is 4.24. The minimum absolute atomic E-state index is 0.108. The maximum absolute atomic E-state index is 15.0. The molecule has 39 heavy (non-hydrogen) atoms. The second kappa shape index (κ2) is 9.88. The summed E-state index contributed by atoms with van der Waals surface area (Å²) < 4.78 is 30.0. The van der Waals surface area contributed by atoms with Gasteiger partial charge in [0.25, 0.3) is 0 Å². The molecular weight excluding hydrogens is 498 g/mol. The van der Waals surface area contributed by atoms with Crippen LogP contribution in [0.3, 0.4) is 0 Å². The summed E-state index contributed by atoms with van der Waals surface area (Å²) in [4.78, 5) is 0. The van der Waals surface area contributed by atoms with Crippen molar-refractivity contribution in [3.8, 4) is 0 Å². The van der Waals surface area contributed by atoms with Crippen LogP contribution in [0.2, 0.25) is 24.2 Å². The van der Waals surface area contributed by atoms with Crippen LogP contribution in [0, 0.1) is 11.6 Å². The highest BCUT2D eigenvalue weighted by Crippen LogP contribution is 2.58. The van der Waals surface area contributed by atoms with Gasteiger partial charge in [-0.3, -0.25) is 0 Å². The quantitative estimate of drug-likeness (QED) is 0.344. The molecule has 0 N–H and O–H groups in total. The van der Waals surface area contributed by atoms with Crippen molar-refractivity contribution in [2.75, 3.05) is 0 Å². The van der Waals surface area contributed by atoms with Crippen molar-refractivity contribution in [1.82, 2.24) is 0 Å². The summed E-state index contributed by atoms with van der Waals surface area (Å²) in [7, 11) is -2.11. The van der Waals surface area contributed by atoms with Crippen molar-refractivity contribution < 1.29 is 8.78 Å². The molecule has 0 nitrogen and oxygen atoms in total. The fraction of sp³-hybridized carbons (Fsp3) is 0.222. The van der Waals surface area contributed by atoms with Crippen LogP contribution in [0.25, 0.3) is 0 Å². The Labute approximate surface area is 231 Å². The Morgan fingerprint density at radius 3 is 1.38 bits per heavy atom. The van der Waals surface area contributed by atoms with Crippen molar-refractivity contribution >= 4 is 8.07 Å². The van der Waals surface area contributed by atoms with Crippen LogP contribution >= 0.6 is 0 Å². The fourth-order valence-electron chi connectivity index (χ4n) is 7.59. The molecule has 0 saturated carbocycles. The summed E-state index contributed by atoms with van der Waals surface area (Å²) in [6.07, 6.45) is 21.8. The lowest BCUT2D eigenvalue weighted by Gasteiger charge is -2.40. The highest BCUT2D eigenvalue weighted by molar-refractivity contribution is 6.83. The average molecular weight is 533 g/mol. The van der Waals surface area contributed by atoms with Crippen LogP contribution in [0.15, 0.2) is 143 Å². The average Bonchev–Trinajstić information content (AvgIpc) is 3.24. The van der Waals surface area contributed by atoms with E-state index in [4.69, 9.17) is 0 Å². The fourth-order valence-corrected chi connectivity index (χ4v) is 12.6. The zero-order valence-electron chi connectivity index (χ0n) is 23.0. The van der Waals surface area contributed by atoms with E-state index in [0.717, 1.165) is 11.1 Å². The molecule has 0 bridgehead atoms. The van der Waals surface area contributed by atoms with Gasteiger partial charge < -0.3 is 0 Å². The largest absolute Gasteiger partial charge is 0.207 e. The van der Waals surface area contributed by atoms with Gasteiger partial charge in [0.15, 0.2) is 0 Å². The van der Waals surface area contributed by atoms with Gasteiger partial charge in [-0.25, -0.2) is 8.78 Å². The summed E-state index contributed by atoms with van der Waals surface area (Å²) in [5.41, 5.74) is 9.85. The molecule has 4 unspecified atom stereocenters. The van der Waals surface area contributed by atoms with Crippen molar-refractivity contribution in [3.63, 3.8) is 0 Å². The summed E-state index contributed by atoms with van der Waals surface area (Å²) in [6.45, 7) is 9.49. The molecule has 2 aromatic carbocycles. The van der Waals surface area contributed by atoms with Crippen LogP contribution < -0.4 is 0 Å². The van der Waals surface area contributed by atoms with Crippen LogP contribution in [0.1, 0.15) is 36.8 Å². The second-order valence-electron chi connectivity index (χ2n) is 11.8. The molecule has 196 valence electrons. The molecule has 6 rings (SSSR count). The summed E-state index contributed by atoms with van der Waals surface area (Å²) in [6, 6.07) is 14.3. The molecule has 3 heteroatoms. The minimum Gasteiger partial charge on any atom is -0.207 e. The first kappa shape index (κ1) is 25.7. The Hall–Kier alpha value is -3.56. The molecule has 4 aliphatic rings. The molecule has 0 amide bonds. The molecule has 0 aliphatic heterocycles. The summed E-state index contributed by atoms with van der Waals surface area (Å²) in [5.74, 6) is -0.537. The van der Waals surface area contributed by atoms with Gasteiger partial charge in [0.05, 0.1) is 8.07 Å². The van der Waals surface area contributed by atoms with E-state index < -0.39 is 8.07 Å². The van der Waals surface area contributed by atoms with Crippen LogP contribution in [0.4, 0.5) is 8.78 Å². The summed E-state index contributed by atoms with van der Waals surface area (Å²) >= 11 is 0. The zero-order chi connectivity index (χ0) is 27.3. The molecule has 0 heterocycles. The number of hydrogen-bond donors (Lipinski definition) is 0. The lowest BCUT2D eigenvalue weighted by molar-refractivity contribution is 0.608. The van der Waals surface area contributed by atoms with Crippen LogP contribution in [-0.2, 0) is 0 Å². The molecule has 4 atom stereocenters. The van der Waals surface area contributed by atoms with Crippen LogP contribution in [-0.4, -0.2) is 8.07 Å². The van der Waals surface area contributed by atoms with Gasteiger partial charge in [0.2, 0.25) is 0 Å². The van der Waals surface area contributed by atoms with Crippen molar-refractivity contribution in [2.24, 2.45) is 0 Å². The highest BCUT2D eigenvalue weighted by Gasteiger charge is 2.48. The normalized spacial score (nSPS) is 25.9. The van der Waals surface area contributed by atoms with Gasteiger partial charge in [-0.15, -0.1) is 0 Å². The molecule has 0 fully saturated rings. The van der Waals surface area contributed by atoms with Crippen molar-refractivity contribution in [3.05, 3.63) is 165 Å². The number of halogens is 2. The molecule has 0 aromatic heterocycles. The van der Waals surface area contributed by atoms with Gasteiger partial charge in [0.1, 0.15) is 11.6 Å². The SMILES string of the molecule is CC1=CC2=C(C=CC=CC2c2ccccc2F)C1[Si](C)(C)C1C(C)=CC2=C1C=CC=CC2c1ccccc1F. The van der Waals surface area contributed by atoms with E-state index in [-0.39, 0.29) is 23.5 Å². The maximum Gasteiger partial charge on any atom is 0.127 e. The standard InChI is InChI=1S/C36H34F2Si/c1-23-21-31-25(27-15-9-11-19-33(27)37)13-5-7-17-29(31)35(23)39(3,4)36-24(2)22-32-26(14-6-8-18-30(32)36)28-16-10-12-20-34(28)38/h5-22,25-26,35-36H,1-4H3. The van der Waals surface area contributed by atoms with E-state index in [9.17, 15) is 8.78 Å². The number of benzene rings is 2. The Balaban J connectivity index is 1.44. The van der Waals surface area contributed by atoms with E-state index in [0.29, 0.717) is 11.1 Å². The number of rotatable bonds is 4. The maximum atomic E-state index is 15.0. The first-order valence-corrected chi connectivity index (χ1v) is 17.0. The third-order valence-electron chi connectivity index (χ3n) is 8.99. The van der Waals surface area contributed by atoms with E-state index in [1.54, 1.807) is 24.3 Å². The van der Waals surface area contributed by atoms with Gasteiger partial charge in [0, 0.05) is 22.9 Å². The molecule has 4 aliphatic carbocycles. The summed E-state index contributed by atoms with van der Waals surface area (Å²) in [5, 5.41) is 0. The Bertz CT molecular complexity index is 1470. The van der Waals surface area contributed by atoms with Gasteiger partial charge in [-0.2, -0.15) is 0 Å². The molecule has 0 spiro atoms. The van der Waals surface area contributed by atoms with Gasteiger partial charge in [-0.05, 0) is 59.4 Å². The Kier molecular flexibility index (Phi) is 6.51. The lowest BCUT2D eigenvalue weighted by atomic mass is 9.89. The van der Waals surface area contributed by atoms with Crippen molar-refractivity contribution in [2.45, 2.75) is 49.9 Å². The molecule has 0 saturated heterocycles. The molecular formula is C36H34F2Si. The lowest BCUT2D eigenvalue weighted by Crippen LogP contribution is -2.39. The zero-order valence-corrected chi connectivity index (χ0v) is 24.0. The van der Waals surface area contributed by atoms with E-state index >= 15 is 0 Å². The topological polar surface area (TPSA) is 0 Å². The second-order valence-corrected chi connectivity index (χ2v) is 16.6. The Morgan fingerprint density at radius 1 is 0.564 bits per heavy atom. The predicted octanol–water partition coefficient (Wildman–Crippen LogP) is 10.0. The third-order valence-corrected chi connectivity index (χ3v) is 13.5.